The molecule has 6 nitrogen and oxygen atoms in total. The molecule has 1 saturated heterocycles. The Morgan fingerprint density at radius 1 is 1.00 bits per heavy atom. The molecule has 3 rings (SSSR count). The summed E-state index contributed by atoms with van der Waals surface area (Å²) in [5.41, 5.74) is 1.08. The van der Waals surface area contributed by atoms with E-state index in [-0.39, 0.29) is 11.9 Å². The van der Waals surface area contributed by atoms with E-state index < -0.39 is 0 Å². The quantitative estimate of drug-likeness (QED) is 0.536. The number of piperazine rings is 1. The van der Waals surface area contributed by atoms with Crippen LogP contribution in [0.15, 0.2) is 54.6 Å². The Kier molecular flexibility index (Phi) is 7.90. The molecule has 1 fully saturated rings. The van der Waals surface area contributed by atoms with Gasteiger partial charge in [-0.3, -0.25) is 4.79 Å². The van der Waals surface area contributed by atoms with Crippen molar-refractivity contribution in [3.63, 3.8) is 0 Å². The molecule has 0 saturated carbocycles. The summed E-state index contributed by atoms with van der Waals surface area (Å²) in [6.07, 6.45) is 0. The molecule has 1 atom stereocenters. The van der Waals surface area contributed by atoms with Crippen LogP contribution in [0.1, 0.15) is 12.5 Å². The normalized spacial score (nSPS) is 19.9. The van der Waals surface area contributed by atoms with Crippen molar-refractivity contribution in [3.8, 4) is 11.5 Å². The zero-order chi connectivity index (χ0) is 20.5. The molecule has 6 heteroatoms. The van der Waals surface area contributed by atoms with Crippen molar-refractivity contribution in [2.75, 3.05) is 46.4 Å². The average Bonchev–Trinajstić information content (AvgIpc) is 2.78. The Labute approximate surface area is 173 Å². The maximum absolute atomic E-state index is 12.6. The lowest BCUT2D eigenvalue weighted by Gasteiger charge is -2.32. The third-order valence-corrected chi connectivity index (χ3v) is 5.70. The summed E-state index contributed by atoms with van der Waals surface area (Å²) >= 11 is 0. The number of nitrogens with one attached hydrogen (secondary N) is 3. The van der Waals surface area contributed by atoms with Gasteiger partial charge in [-0.05, 0) is 36.8 Å². The highest BCUT2D eigenvalue weighted by Crippen LogP contribution is 2.11. The van der Waals surface area contributed by atoms with E-state index in [4.69, 9.17) is 9.47 Å². The fourth-order valence-corrected chi connectivity index (χ4v) is 3.71. The Hall–Kier alpha value is -2.57. The number of carbonyl (C=O) groups excluding carboxylic acids is 1. The zero-order valence-electron chi connectivity index (χ0n) is 17.4. The molecule has 2 aromatic rings. The van der Waals surface area contributed by atoms with Gasteiger partial charge >= 0.3 is 0 Å². The number of amides is 1. The fraction of sp³-hybridized carbons (Fsp3) is 0.435. The molecule has 0 aliphatic carbocycles. The first kappa shape index (κ1) is 21.1. The van der Waals surface area contributed by atoms with Crippen LogP contribution in [-0.4, -0.2) is 58.4 Å². The average molecular weight is 400 g/mol. The van der Waals surface area contributed by atoms with Gasteiger partial charge in [0.25, 0.3) is 5.91 Å². The van der Waals surface area contributed by atoms with E-state index in [1.807, 2.05) is 61.5 Å². The molecule has 0 bridgehead atoms. The summed E-state index contributed by atoms with van der Waals surface area (Å²) in [6, 6.07) is 17.7. The first-order chi connectivity index (χ1) is 14.2. The summed E-state index contributed by atoms with van der Waals surface area (Å²) in [7, 11) is 1.65. The van der Waals surface area contributed by atoms with Gasteiger partial charge in [-0.1, -0.05) is 30.3 Å². The molecule has 0 radical (unpaired) electrons. The van der Waals surface area contributed by atoms with Gasteiger partial charge in [0.05, 0.1) is 7.11 Å². The molecule has 0 aromatic heterocycles. The number of quaternary nitrogens is 2. The Balaban J connectivity index is 1.35. The number of ether oxygens (including phenoxy) is 2. The van der Waals surface area contributed by atoms with Crippen molar-refractivity contribution in [3.05, 3.63) is 60.2 Å². The van der Waals surface area contributed by atoms with Crippen LogP contribution in [0.25, 0.3) is 0 Å². The van der Waals surface area contributed by atoms with Crippen LogP contribution < -0.4 is 24.6 Å². The Morgan fingerprint density at radius 2 is 1.69 bits per heavy atom. The molecule has 2 aromatic carbocycles. The Bertz CT molecular complexity index is 744. The van der Waals surface area contributed by atoms with Gasteiger partial charge in [0.2, 0.25) is 0 Å². The van der Waals surface area contributed by atoms with E-state index in [0.717, 1.165) is 56.4 Å². The monoisotopic (exact) mass is 399 g/mol. The maximum atomic E-state index is 12.6. The van der Waals surface area contributed by atoms with Crippen LogP contribution in [0.5, 0.6) is 11.5 Å². The van der Waals surface area contributed by atoms with E-state index in [0.29, 0.717) is 6.54 Å². The second-order valence-electron chi connectivity index (χ2n) is 7.61. The van der Waals surface area contributed by atoms with Crippen LogP contribution in [0, 0.1) is 0 Å². The van der Waals surface area contributed by atoms with Crippen molar-refractivity contribution in [2.24, 2.45) is 0 Å². The van der Waals surface area contributed by atoms with Gasteiger partial charge in [-0.15, -0.1) is 0 Å². The summed E-state index contributed by atoms with van der Waals surface area (Å²) in [4.78, 5) is 15.5. The van der Waals surface area contributed by atoms with E-state index in [1.165, 1.54) is 4.90 Å². The van der Waals surface area contributed by atoms with Crippen LogP contribution >= 0.6 is 0 Å². The molecule has 156 valence electrons. The molecule has 29 heavy (non-hydrogen) atoms. The highest BCUT2D eigenvalue weighted by atomic mass is 16.5. The van der Waals surface area contributed by atoms with Crippen LogP contribution in [0.3, 0.4) is 0 Å². The van der Waals surface area contributed by atoms with Crippen LogP contribution in [0.4, 0.5) is 0 Å². The number of para-hydroxylation sites is 1. The summed E-state index contributed by atoms with van der Waals surface area (Å²) in [5.74, 6) is 1.87. The lowest BCUT2D eigenvalue weighted by atomic mass is 10.2. The number of benzene rings is 2. The van der Waals surface area contributed by atoms with Gasteiger partial charge in [0, 0.05) is 6.54 Å². The minimum absolute atomic E-state index is 0.0321. The standard InChI is InChI=1S/C23H31N3O3/c1-19(23(27)24-18-20-8-10-21(28-2)11-9-20)26-14-12-25(13-15-26)16-17-29-22-6-4-3-5-7-22/h3-11,19H,12-18H2,1-2H3,(H,24,27)/p+2/t19-/m0/s1. The predicted molar refractivity (Wildman–Crippen MR) is 113 cm³/mol. The largest absolute Gasteiger partial charge is 0.497 e. The fourth-order valence-electron chi connectivity index (χ4n) is 3.71. The molecule has 1 aliphatic heterocycles. The highest BCUT2D eigenvalue weighted by Gasteiger charge is 2.30. The topological polar surface area (TPSA) is 56.4 Å². The minimum atomic E-state index is -0.0321. The van der Waals surface area contributed by atoms with Gasteiger partial charge < -0.3 is 24.6 Å². The van der Waals surface area contributed by atoms with E-state index >= 15 is 0 Å². The molecule has 0 unspecified atom stereocenters. The Morgan fingerprint density at radius 3 is 2.34 bits per heavy atom. The van der Waals surface area contributed by atoms with Crippen molar-refractivity contribution in [1.82, 2.24) is 5.32 Å². The van der Waals surface area contributed by atoms with Gasteiger partial charge in [-0.2, -0.15) is 0 Å². The minimum Gasteiger partial charge on any atom is -0.497 e. The first-order valence-electron chi connectivity index (χ1n) is 10.4. The number of methoxy groups -OCH3 is 1. The molecular formula is C23H33N3O3+2. The van der Waals surface area contributed by atoms with Gasteiger partial charge in [-0.25, -0.2) is 0 Å². The second-order valence-corrected chi connectivity index (χ2v) is 7.61. The summed E-state index contributed by atoms with van der Waals surface area (Å²) in [5, 5.41) is 3.07. The van der Waals surface area contributed by atoms with Crippen LogP contribution in [0.2, 0.25) is 0 Å². The maximum Gasteiger partial charge on any atom is 0.278 e. The first-order valence-corrected chi connectivity index (χ1v) is 10.4. The molecule has 1 aliphatic rings. The zero-order valence-corrected chi connectivity index (χ0v) is 17.4. The number of carbonyl (C=O) groups is 1. The van der Waals surface area contributed by atoms with E-state index in [1.54, 1.807) is 12.0 Å². The van der Waals surface area contributed by atoms with Gasteiger partial charge in [0.1, 0.15) is 50.8 Å². The third-order valence-electron chi connectivity index (χ3n) is 5.70. The molecule has 0 spiro atoms. The van der Waals surface area contributed by atoms with Crippen molar-refractivity contribution >= 4 is 5.91 Å². The highest BCUT2D eigenvalue weighted by molar-refractivity contribution is 5.79. The second kappa shape index (κ2) is 10.8. The van der Waals surface area contributed by atoms with E-state index in [2.05, 4.69) is 5.32 Å². The van der Waals surface area contributed by atoms with Gasteiger partial charge in [0.15, 0.2) is 6.04 Å². The van der Waals surface area contributed by atoms with E-state index in [9.17, 15) is 4.79 Å². The molecule has 1 amide bonds. The van der Waals surface area contributed by atoms with Crippen molar-refractivity contribution in [1.29, 1.82) is 0 Å². The number of rotatable bonds is 9. The van der Waals surface area contributed by atoms with Crippen molar-refractivity contribution in [2.45, 2.75) is 19.5 Å². The molecule has 3 N–H and O–H groups in total. The smallest absolute Gasteiger partial charge is 0.278 e. The molecular weight excluding hydrogens is 366 g/mol. The predicted octanol–water partition coefficient (Wildman–Crippen LogP) is -0.438. The summed E-state index contributed by atoms with van der Waals surface area (Å²) in [6.45, 7) is 8.48. The third kappa shape index (κ3) is 6.48. The van der Waals surface area contributed by atoms with Crippen LogP contribution in [-0.2, 0) is 11.3 Å². The number of hydrogen-bond donors (Lipinski definition) is 3. The summed E-state index contributed by atoms with van der Waals surface area (Å²) < 4.78 is 11.0. The lowest BCUT2D eigenvalue weighted by molar-refractivity contribution is -1.02. The van der Waals surface area contributed by atoms with Crippen molar-refractivity contribution < 1.29 is 24.1 Å². The number of hydrogen-bond acceptors (Lipinski definition) is 3. The SMILES string of the molecule is COc1ccc(CNC(=O)[C@H](C)[NH+]2CC[NH+](CCOc3ccccc3)CC2)cc1. The molecule has 1 heterocycles. The lowest BCUT2D eigenvalue weighted by Crippen LogP contribution is -3.30.